The van der Waals surface area contributed by atoms with Crippen LogP contribution in [0.3, 0.4) is 0 Å². The minimum Gasteiger partial charge on any atom is -0.450 e. The molecule has 0 saturated carbocycles. The Morgan fingerprint density at radius 2 is 1.52 bits per heavy atom. The third kappa shape index (κ3) is 2.73. The predicted molar refractivity (Wildman–Crippen MR) is 82.4 cm³/mol. The number of esters is 1. The summed E-state index contributed by atoms with van der Waals surface area (Å²) in [5, 5.41) is 0. The minimum atomic E-state index is -0.956. The Morgan fingerprint density at radius 3 is 2.09 bits per heavy atom. The summed E-state index contributed by atoms with van der Waals surface area (Å²) in [4.78, 5) is 37.3. The van der Waals surface area contributed by atoms with Gasteiger partial charge >= 0.3 is 5.97 Å². The Kier molecular flexibility index (Phi) is 3.93. The highest BCUT2D eigenvalue weighted by Gasteiger charge is 2.53. The number of rotatable bonds is 3. The second-order valence-corrected chi connectivity index (χ2v) is 5.26. The van der Waals surface area contributed by atoms with Gasteiger partial charge < -0.3 is 4.74 Å². The Morgan fingerprint density at radius 1 is 0.957 bits per heavy atom. The summed E-state index contributed by atoms with van der Waals surface area (Å²) in [5.74, 6) is -1.44. The highest BCUT2D eigenvalue weighted by molar-refractivity contribution is 6.10. The van der Waals surface area contributed by atoms with Gasteiger partial charge in [-0.3, -0.25) is 19.3 Å². The van der Waals surface area contributed by atoms with Crippen LogP contribution in [-0.2, 0) is 14.3 Å². The lowest BCUT2D eigenvalue weighted by Gasteiger charge is -2.44. The van der Waals surface area contributed by atoms with Crippen LogP contribution in [0.25, 0.3) is 0 Å². The van der Waals surface area contributed by atoms with E-state index in [1.54, 1.807) is 42.5 Å². The molecule has 0 N–H and O–H groups in total. The van der Waals surface area contributed by atoms with Gasteiger partial charge in [-0.25, -0.2) is 0 Å². The van der Waals surface area contributed by atoms with Crippen molar-refractivity contribution < 1.29 is 19.1 Å². The monoisotopic (exact) mass is 309 g/mol. The third-order valence-corrected chi connectivity index (χ3v) is 3.72. The summed E-state index contributed by atoms with van der Waals surface area (Å²) < 4.78 is 5.10. The molecule has 3 rings (SSSR count). The lowest BCUT2D eigenvalue weighted by molar-refractivity contribution is -0.177. The van der Waals surface area contributed by atoms with E-state index in [0.717, 1.165) is 10.5 Å². The van der Waals surface area contributed by atoms with Crippen LogP contribution in [0.2, 0.25) is 0 Å². The van der Waals surface area contributed by atoms with Gasteiger partial charge in [-0.05, 0) is 17.7 Å². The fourth-order valence-electron chi connectivity index (χ4n) is 2.68. The van der Waals surface area contributed by atoms with Crippen LogP contribution in [0.1, 0.15) is 28.9 Å². The number of nitrogens with zero attached hydrogens (tertiary/aromatic N) is 1. The highest BCUT2D eigenvalue weighted by Crippen LogP contribution is 2.38. The Balaban J connectivity index is 1.94. The molecule has 5 nitrogen and oxygen atoms in total. The van der Waals surface area contributed by atoms with E-state index in [-0.39, 0.29) is 0 Å². The molecule has 0 aliphatic carbocycles. The first-order valence-corrected chi connectivity index (χ1v) is 7.24. The maximum Gasteiger partial charge on any atom is 0.303 e. The third-order valence-electron chi connectivity index (χ3n) is 3.72. The van der Waals surface area contributed by atoms with Crippen molar-refractivity contribution in [2.24, 2.45) is 0 Å². The summed E-state index contributed by atoms with van der Waals surface area (Å²) in [6.07, 6.45) is -0.956. The van der Waals surface area contributed by atoms with Gasteiger partial charge in [0.2, 0.25) is 6.10 Å². The van der Waals surface area contributed by atoms with Crippen LogP contribution in [0, 0.1) is 0 Å². The number of amides is 2. The molecule has 2 unspecified atom stereocenters. The number of β-lactam (4-membered cyclic amide) rings is 1. The summed E-state index contributed by atoms with van der Waals surface area (Å²) in [7, 11) is 0. The molecule has 0 aromatic heterocycles. The fraction of sp³-hybridized carbons (Fsp3) is 0.167. The van der Waals surface area contributed by atoms with Crippen LogP contribution in [0.4, 0.5) is 0 Å². The van der Waals surface area contributed by atoms with Gasteiger partial charge in [0.05, 0.1) is 0 Å². The fourth-order valence-corrected chi connectivity index (χ4v) is 2.68. The lowest BCUT2D eigenvalue weighted by Crippen LogP contribution is -2.62. The normalized spacial score (nSPS) is 19.9. The first kappa shape index (κ1) is 15.0. The van der Waals surface area contributed by atoms with E-state index in [9.17, 15) is 14.4 Å². The molecule has 23 heavy (non-hydrogen) atoms. The van der Waals surface area contributed by atoms with E-state index in [1.807, 2.05) is 18.2 Å². The zero-order valence-corrected chi connectivity index (χ0v) is 12.5. The first-order valence-electron chi connectivity index (χ1n) is 7.24. The molecule has 2 aromatic rings. The van der Waals surface area contributed by atoms with Crippen molar-refractivity contribution in [1.82, 2.24) is 4.90 Å². The topological polar surface area (TPSA) is 63.7 Å². The lowest BCUT2D eigenvalue weighted by atomic mass is 9.89. The molecule has 0 bridgehead atoms. The van der Waals surface area contributed by atoms with Crippen molar-refractivity contribution in [3.8, 4) is 0 Å². The number of carbonyl (C=O) groups excluding carboxylic acids is 3. The van der Waals surface area contributed by atoms with Crippen molar-refractivity contribution in [1.29, 1.82) is 0 Å². The van der Waals surface area contributed by atoms with Crippen molar-refractivity contribution >= 4 is 17.8 Å². The molecule has 5 heteroatoms. The smallest absolute Gasteiger partial charge is 0.303 e. The quantitative estimate of drug-likeness (QED) is 0.496. The van der Waals surface area contributed by atoms with Crippen LogP contribution in [-0.4, -0.2) is 28.8 Å². The number of imide groups is 1. The zero-order chi connectivity index (χ0) is 16.4. The maximum atomic E-state index is 12.6. The van der Waals surface area contributed by atoms with E-state index in [2.05, 4.69) is 0 Å². The van der Waals surface area contributed by atoms with E-state index < -0.39 is 29.9 Å². The first-order chi connectivity index (χ1) is 11.1. The number of hydrogen-bond donors (Lipinski definition) is 0. The van der Waals surface area contributed by atoms with Gasteiger partial charge in [-0.2, -0.15) is 0 Å². The van der Waals surface area contributed by atoms with Gasteiger partial charge in [0.1, 0.15) is 6.04 Å². The Labute approximate surface area is 133 Å². The Bertz CT molecular complexity index is 742. The molecule has 0 spiro atoms. The van der Waals surface area contributed by atoms with Crippen LogP contribution in [0.5, 0.6) is 0 Å². The molecular weight excluding hydrogens is 294 g/mol. The van der Waals surface area contributed by atoms with E-state index in [4.69, 9.17) is 4.74 Å². The molecule has 1 fully saturated rings. The zero-order valence-electron chi connectivity index (χ0n) is 12.5. The molecular formula is C18H15NO4. The van der Waals surface area contributed by atoms with Crippen molar-refractivity contribution in [2.75, 3.05) is 0 Å². The molecule has 0 radical (unpaired) electrons. The Hall–Kier alpha value is -2.95. The second kappa shape index (κ2) is 6.04. The average Bonchev–Trinajstić information content (AvgIpc) is 2.58. The molecule has 1 aliphatic rings. The summed E-state index contributed by atoms with van der Waals surface area (Å²) in [6.45, 7) is 1.25. The number of benzene rings is 2. The van der Waals surface area contributed by atoms with Crippen molar-refractivity contribution in [3.63, 3.8) is 0 Å². The molecule has 1 heterocycles. The summed E-state index contributed by atoms with van der Waals surface area (Å²) in [5.41, 5.74) is 1.17. The van der Waals surface area contributed by atoms with E-state index >= 15 is 0 Å². The van der Waals surface area contributed by atoms with Gasteiger partial charge in [-0.1, -0.05) is 48.5 Å². The van der Waals surface area contributed by atoms with Crippen LogP contribution in [0.15, 0.2) is 60.7 Å². The van der Waals surface area contributed by atoms with E-state index in [1.165, 1.54) is 6.92 Å². The van der Waals surface area contributed by atoms with Crippen molar-refractivity contribution in [3.05, 3.63) is 71.8 Å². The molecule has 116 valence electrons. The molecule has 2 atom stereocenters. The summed E-state index contributed by atoms with van der Waals surface area (Å²) in [6, 6.07) is 17.0. The maximum absolute atomic E-state index is 12.6. The number of hydrogen-bond acceptors (Lipinski definition) is 4. The van der Waals surface area contributed by atoms with Gasteiger partial charge in [0.15, 0.2) is 0 Å². The van der Waals surface area contributed by atoms with Crippen LogP contribution < -0.4 is 0 Å². The van der Waals surface area contributed by atoms with E-state index in [0.29, 0.717) is 5.56 Å². The highest BCUT2D eigenvalue weighted by atomic mass is 16.6. The predicted octanol–water partition coefficient (Wildman–Crippen LogP) is 2.34. The minimum absolute atomic E-state index is 0.396. The van der Waals surface area contributed by atoms with Gasteiger partial charge in [0.25, 0.3) is 11.8 Å². The van der Waals surface area contributed by atoms with Crippen LogP contribution >= 0.6 is 0 Å². The molecule has 2 aromatic carbocycles. The largest absolute Gasteiger partial charge is 0.450 e. The average molecular weight is 309 g/mol. The number of carbonyl (C=O) groups is 3. The standard InChI is InChI=1S/C18H15NO4/c1-12(20)23-16-15(13-8-4-2-5-9-13)19(18(16)22)17(21)14-10-6-3-7-11-14/h2-11,15-16H,1H3. The number of ether oxygens (including phenoxy) is 1. The molecule has 1 saturated heterocycles. The SMILES string of the molecule is CC(=O)OC1C(=O)N(C(=O)c2ccccc2)C1c1ccccc1. The van der Waals surface area contributed by atoms with Gasteiger partial charge in [-0.15, -0.1) is 0 Å². The summed E-state index contributed by atoms with van der Waals surface area (Å²) >= 11 is 0. The molecule has 2 amide bonds. The molecule has 1 aliphatic heterocycles. The van der Waals surface area contributed by atoms with Crippen molar-refractivity contribution in [2.45, 2.75) is 19.1 Å². The number of likely N-dealkylation sites (tertiary alicyclic amines) is 1. The van der Waals surface area contributed by atoms with Gasteiger partial charge in [0, 0.05) is 12.5 Å². The second-order valence-electron chi connectivity index (χ2n) is 5.26.